The van der Waals surface area contributed by atoms with Crippen LogP contribution >= 0.6 is 0 Å². The fourth-order valence-corrected chi connectivity index (χ4v) is 1.99. The minimum atomic E-state index is -1.08. The average molecular weight is 265 g/mol. The Morgan fingerprint density at radius 1 is 1.32 bits per heavy atom. The minimum absolute atomic E-state index is 0.0433. The van der Waals surface area contributed by atoms with E-state index in [0.717, 1.165) is 4.90 Å². The quantitative estimate of drug-likeness (QED) is 0.878. The number of nitrogens with zero attached hydrogens (tertiary/aromatic N) is 1. The Balaban J connectivity index is 2.02. The molecule has 1 aromatic rings. The lowest BCUT2D eigenvalue weighted by Gasteiger charge is -2.13. The molecule has 1 N–H and O–H groups in total. The van der Waals surface area contributed by atoms with Crippen LogP contribution in [0.2, 0.25) is 0 Å². The van der Waals surface area contributed by atoms with Gasteiger partial charge in [0, 0.05) is 13.0 Å². The first-order chi connectivity index (χ1) is 8.97. The Labute approximate surface area is 108 Å². The number of aliphatic carboxylic acids is 1. The van der Waals surface area contributed by atoms with Gasteiger partial charge in [-0.3, -0.25) is 19.3 Å². The van der Waals surface area contributed by atoms with E-state index in [9.17, 15) is 18.8 Å². The average Bonchev–Trinajstić information content (AvgIpc) is 2.74. The Hall–Kier alpha value is -2.24. The zero-order chi connectivity index (χ0) is 14.0. The van der Waals surface area contributed by atoms with Crippen molar-refractivity contribution in [3.63, 3.8) is 0 Å². The Kier molecular flexibility index (Phi) is 3.59. The maximum atomic E-state index is 12.7. The number of amides is 2. The fourth-order valence-electron chi connectivity index (χ4n) is 1.99. The van der Waals surface area contributed by atoms with Gasteiger partial charge in [-0.1, -0.05) is 12.1 Å². The highest BCUT2D eigenvalue weighted by molar-refractivity contribution is 5.99. The summed E-state index contributed by atoms with van der Waals surface area (Å²) in [4.78, 5) is 35.2. The zero-order valence-electron chi connectivity index (χ0n) is 10.0. The van der Waals surface area contributed by atoms with Gasteiger partial charge in [0.1, 0.15) is 5.82 Å². The number of rotatable bonds is 3. The number of likely N-dealkylation sites (tertiary alicyclic amines) is 1. The maximum absolute atomic E-state index is 12.7. The summed E-state index contributed by atoms with van der Waals surface area (Å²) in [6.07, 6.45) is -0.192. The van der Waals surface area contributed by atoms with Gasteiger partial charge in [-0.2, -0.15) is 0 Å². The summed E-state index contributed by atoms with van der Waals surface area (Å²) in [5, 5.41) is 8.82. The summed E-state index contributed by atoms with van der Waals surface area (Å²) in [5.74, 6) is -3.24. The zero-order valence-corrected chi connectivity index (χ0v) is 10.0. The molecular weight excluding hydrogens is 253 g/mol. The lowest BCUT2D eigenvalue weighted by Crippen LogP contribution is -2.34. The highest BCUT2D eigenvalue weighted by Gasteiger charge is 2.37. The van der Waals surface area contributed by atoms with E-state index in [1.807, 2.05) is 0 Å². The second-order valence-corrected chi connectivity index (χ2v) is 4.44. The van der Waals surface area contributed by atoms with E-state index in [0.29, 0.717) is 5.56 Å². The predicted molar refractivity (Wildman–Crippen MR) is 62.6 cm³/mol. The van der Waals surface area contributed by atoms with E-state index >= 15 is 0 Å². The summed E-state index contributed by atoms with van der Waals surface area (Å²) < 4.78 is 12.7. The molecular formula is C13H12FNO4. The van der Waals surface area contributed by atoms with E-state index in [-0.39, 0.29) is 19.4 Å². The Morgan fingerprint density at radius 3 is 2.47 bits per heavy atom. The van der Waals surface area contributed by atoms with Gasteiger partial charge in [0.05, 0.1) is 12.3 Å². The SMILES string of the molecule is O=C(O)C1CC(=O)N(C(=O)Cc2ccc(F)cc2)C1. The number of imide groups is 1. The van der Waals surface area contributed by atoms with E-state index in [4.69, 9.17) is 5.11 Å². The highest BCUT2D eigenvalue weighted by atomic mass is 19.1. The topological polar surface area (TPSA) is 74.7 Å². The van der Waals surface area contributed by atoms with Crippen LogP contribution in [0.15, 0.2) is 24.3 Å². The van der Waals surface area contributed by atoms with Crippen LogP contribution in [0.25, 0.3) is 0 Å². The molecule has 1 unspecified atom stereocenters. The number of hydrogen-bond acceptors (Lipinski definition) is 3. The van der Waals surface area contributed by atoms with Crippen molar-refractivity contribution >= 4 is 17.8 Å². The van der Waals surface area contributed by atoms with Gasteiger partial charge in [0.25, 0.3) is 0 Å². The second-order valence-electron chi connectivity index (χ2n) is 4.44. The monoisotopic (exact) mass is 265 g/mol. The van der Waals surface area contributed by atoms with E-state index in [1.165, 1.54) is 24.3 Å². The van der Waals surface area contributed by atoms with Crippen LogP contribution in [0.4, 0.5) is 4.39 Å². The van der Waals surface area contributed by atoms with Crippen molar-refractivity contribution in [1.29, 1.82) is 0 Å². The Bertz CT molecular complexity index is 526. The summed E-state index contributed by atoms with van der Waals surface area (Å²) >= 11 is 0. The van der Waals surface area contributed by atoms with Crippen LogP contribution in [-0.4, -0.2) is 34.3 Å². The molecule has 1 aromatic carbocycles. The van der Waals surface area contributed by atoms with Gasteiger partial charge in [-0.05, 0) is 17.7 Å². The number of carboxylic acid groups (broad SMARTS) is 1. The van der Waals surface area contributed by atoms with Gasteiger partial charge in [0.2, 0.25) is 11.8 Å². The molecule has 5 nitrogen and oxygen atoms in total. The molecule has 1 saturated heterocycles. The number of halogens is 1. The number of carboxylic acids is 1. The van der Waals surface area contributed by atoms with Gasteiger partial charge < -0.3 is 5.11 Å². The molecule has 100 valence electrons. The molecule has 0 bridgehead atoms. The van der Waals surface area contributed by atoms with Crippen LogP contribution in [0.1, 0.15) is 12.0 Å². The van der Waals surface area contributed by atoms with Gasteiger partial charge in [-0.15, -0.1) is 0 Å². The van der Waals surface area contributed by atoms with Gasteiger partial charge in [-0.25, -0.2) is 4.39 Å². The molecule has 0 saturated carbocycles. The number of carbonyl (C=O) groups excluding carboxylic acids is 2. The molecule has 0 radical (unpaired) electrons. The molecule has 1 aliphatic heterocycles. The van der Waals surface area contributed by atoms with Crippen LogP contribution in [0.3, 0.4) is 0 Å². The van der Waals surface area contributed by atoms with Crippen LogP contribution in [0, 0.1) is 11.7 Å². The van der Waals surface area contributed by atoms with Crippen molar-refractivity contribution in [2.45, 2.75) is 12.8 Å². The normalized spacial score (nSPS) is 18.7. The summed E-state index contributed by atoms with van der Waals surface area (Å²) in [6.45, 7) is -0.0891. The molecule has 2 amide bonds. The molecule has 0 aliphatic carbocycles. The first-order valence-electron chi connectivity index (χ1n) is 5.78. The summed E-state index contributed by atoms with van der Waals surface area (Å²) in [7, 11) is 0. The molecule has 2 rings (SSSR count). The van der Waals surface area contributed by atoms with Crippen molar-refractivity contribution < 1.29 is 23.9 Å². The Morgan fingerprint density at radius 2 is 1.95 bits per heavy atom. The van der Waals surface area contributed by atoms with Gasteiger partial charge >= 0.3 is 5.97 Å². The van der Waals surface area contributed by atoms with Crippen LogP contribution < -0.4 is 0 Å². The minimum Gasteiger partial charge on any atom is -0.481 e. The van der Waals surface area contributed by atoms with Crippen molar-refractivity contribution in [1.82, 2.24) is 4.90 Å². The molecule has 1 atom stereocenters. The molecule has 19 heavy (non-hydrogen) atoms. The predicted octanol–water partition coefficient (Wildman–Crippen LogP) is 0.828. The molecule has 1 heterocycles. The highest BCUT2D eigenvalue weighted by Crippen LogP contribution is 2.19. The third kappa shape index (κ3) is 2.96. The van der Waals surface area contributed by atoms with Crippen molar-refractivity contribution in [3.8, 4) is 0 Å². The fraction of sp³-hybridized carbons (Fsp3) is 0.308. The molecule has 1 aliphatic rings. The lowest BCUT2D eigenvalue weighted by molar-refractivity contribution is -0.141. The van der Waals surface area contributed by atoms with E-state index < -0.39 is 29.5 Å². The largest absolute Gasteiger partial charge is 0.481 e. The standard InChI is InChI=1S/C13H12FNO4/c14-10-3-1-8(2-4-10)5-11(16)15-7-9(13(18)19)6-12(15)17/h1-4,9H,5-7H2,(H,18,19). The maximum Gasteiger partial charge on any atom is 0.308 e. The third-order valence-corrected chi connectivity index (χ3v) is 3.04. The van der Waals surface area contributed by atoms with Crippen molar-refractivity contribution in [2.24, 2.45) is 5.92 Å². The number of benzene rings is 1. The third-order valence-electron chi connectivity index (χ3n) is 3.04. The molecule has 0 spiro atoms. The lowest BCUT2D eigenvalue weighted by atomic mass is 10.1. The molecule has 0 aromatic heterocycles. The first-order valence-corrected chi connectivity index (χ1v) is 5.78. The van der Waals surface area contributed by atoms with E-state index in [2.05, 4.69) is 0 Å². The smallest absolute Gasteiger partial charge is 0.308 e. The van der Waals surface area contributed by atoms with Gasteiger partial charge in [0.15, 0.2) is 0 Å². The van der Waals surface area contributed by atoms with Crippen molar-refractivity contribution in [2.75, 3.05) is 6.54 Å². The molecule has 6 heteroatoms. The van der Waals surface area contributed by atoms with Crippen LogP contribution in [-0.2, 0) is 20.8 Å². The summed E-state index contributed by atoms with van der Waals surface area (Å²) in [6, 6.07) is 5.38. The number of carbonyl (C=O) groups is 3. The van der Waals surface area contributed by atoms with E-state index in [1.54, 1.807) is 0 Å². The molecule has 1 fully saturated rings. The summed E-state index contributed by atoms with van der Waals surface area (Å²) in [5.41, 5.74) is 0.581. The number of hydrogen-bond donors (Lipinski definition) is 1. The van der Waals surface area contributed by atoms with Crippen LogP contribution in [0.5, 0.6) is 0 Å². The first kappa shape index (κ1) is 13.2. The van der Waals surface area contributed by atoms with Crippen molar-refractivity contribution in [3.05, 3.63) is 35.6 Å². The second kappa shape index (κ2) is 5.17.